The van der Waals surface area contributed by atoms with Gasteiger partial charge in [0.05, 0.1) is 5.04 Å². The van der Waals surface area contributed by atoms with Gasteiger partial charge in [-0.05, 0) is 31.4 Å². The number of aliphatic imine (C=N–C) groups is 1. The predicted molar refractivity (Wildman–Crippen MR) is 72.1 cm³/mol. The van der Waals surface area contributed by atoms with Crippen LogP contribution in [0, 0.1) is 0 Å². The summed E-state index contributed by atoms with van der Waals surface area (Å²) in [6, 6.07) is 5.72. The first-order chi connectivity index (χ1) is 9.26. The molecule has 1 aliphatic heterocycles. The van der Waals surface area contributed by atoms with Crippen molar-refractivity contribution in [2.75, 3.05) is 13.0 Å². The van der Waals surface area contributed by atoms with Crippen molar-refractivity contribution < 1.29 is 13.9 Å². The smallest absolute Gasteiger partial charge is 0.343 e. The Bertz CT molecular complexity index is 639. The number of aromatic nitrogens is 2. The van der Waals surface area contributed by atoms with Gasteiger partial charge in [0.2, 0.25) is 12.7 Å². The van der Waals surface area contributed by atoms with E-state index in [0.29, 0.717) is 11.6 Å². The zero-order chi connectivity index (χ0) is 13.2. The van der Waals surface area contributed by atoms with Gasteiger partial charge in [-0.3, -0.25) is 0 Å². The number of rotatable bonds is 2. The van der Waals surface area contributed by atoms with Gasteiger partial charge in [-0.15, -0.1) is 16.9 Å². The summed E-state index contributed by atoms with van der Waals surface area (Å²) in [7, 11) is 0. The maximum atomic E-state index is 5.48. The van der Waals surface area contributed by atoms with E-state index in [1.807, 2.05) is 31.4 Å². The molecule has 2 aromatic rings. The molecule has 0 saturated heterocycles. The molecule has 19 heavy (non-hydrogen) atoms. The first-order valence-electron chi connectivity index (χ1n) is 5.59. The summed E-state index contributed by atoms with van der Waals surface area (Å²) in [5.74, 6) is 1.81. The largest absolute Gasteiger partial charge is 0.454 e. The maximum Gasteiger partial charge on any atom is 0.343 e. The van der Waals surface area contributed by atoms with E-state index in [1.165, 1.54) is 11.8 Å². The van der Waals surface area contributed by atoms with Crippen molar-refractivity contribution in [2.24, 2.45) is 4.99 Å². The Labute approximate surface area is 113 Å². The van der Waals surface area contributed by atoms with Gasteiger partial charge >= 0.3 is 6.01 Å². The molecular formula is C12H11N3O3S. The van der Waals surface area contributed by atoms with Crippen LogP contribution in [-0.2, 0) is 0 Å². The molecular weight excluding hydrogens is 266 g/mol. The molecule has 2 heterocycles. The topological polar surface area (TPSA) is 69.7 Å². The quantitative estimate of drug-likeness (QED) is 0.621. The van der Waals surface area contributed by atoms with E-state index in [4.69, 9.17) is 13.9 Å². The van der Waals surface area contributed by atoms with Crippen LogP contribution in [0.2, 0.25) is 0 Å². The Morgan fingerprint density at radius 2 is 2.11 bits per heavy atom. The first kappa shape index (κ1) is 12.0. The molecule has 98 valence electrons. The van der Waals surface area contributed by atoms with Gasteiger partial charge in [0.1, 0.15) is 0 Å². The van der Waals surface area contributed by atoms with E-state index in [9.17, 15) is 0 Å². The summed E-state index contributed by atoms with van der Waals surface area (Å²) >= 11 is 1.53. The van der Waals surface area contributed by atoms with Crippen LogP contribution in [0.4, 0.5) is 6.01 Å². The third-order valence-corrected chi connectivity index (χ3v) is 3.26. The first-order valence-corrected chi connectivity index (χ1v) is 6.81. The molecule has 1 aliphatic rings. The van der Waals surface area contributed by atoms with E-state index in [0.717, 1.165) is 16.4 Å². The summed E-state index contributed by atoms with van der Waals surface area (Å²) in [5, 5.41) is 8.72. The van der Waals surface area contributed by atoms with Crippen LogP contribution in [0.25, 0.3) is 11.5 Å². The Kier molecular flexibility index (Phi) is 3.12. The van der Waals surface area contributed by atoms with Crippen LogP contribution in [-0.4, -0.2) is 28.3 Å². The van der Waals surface area contributed by atoms with Crippen LogP contribution < -0.4 is 9.47 Å². The van der Waals surface area contributed by atoms with Crippen molar-refractivity contribution in [3.8, 4) is 23.0 Å². The number of benzene rings is 1. The minimum Gasteiger partial charge on any atom is -0.454 e. The Morgan fingerprint density at radius 1 is 1.26 bits per heavy atom. The zero-order valence-electron chi connectivity index (χ0n) is 10.4. The zero-order valence-corrected chi connectivity index (χ0v) is 11.2. The molecule has 1 aromatic heterocycles. The third kappa shape index (κ3) is 2.41. The van der Waals surface area contributed by atoms with Gasteiger partial charge in [0.15, 0.2) is 11.5 Å². The van der Waals surface area contributed by atoms with Gasteiger partial charge in [-0.2, -0.15) is 4.99 Å². The summed E-state index contributed by atoms with van der Waals surface area (Å²) in [4.78, 5) is 4.18. The average molecular weight is 277 g/mol. The van der Waals surface area contributed by atoms with Gasteiger partial charge in [-0.25, -0.2) is 0 Å². The lowest BCUT2D eigenvalue weighted by Crippen LogP contribution is -1.92. The highest BCUT2D eigenvalue weighted by Crippen LogP contribution is 2.35. The van der Waals surface area contributed by atoms with Gasteiger partial charge in [-0.1, -0.05) is 5.10 Å². The Balaban J connectivity index is 1.90. The number of thioether (sulfide) groups is 1. The van der Waals surface area contributed by atoms with E-state index >= 15 is 0 Å². The molecule has 0 amide bonds. The monoisotopic (exact) mass is 277 g/mol. The van der Waals surface area contributed by atoms with Crippen LogP contribution in [0.1, 0.15) is 6.92 Å². The van der Waals surface area contributed by atoms with Gasteiger partial charge in [0, 0.05) is 5.56 Å². The molecule has 0 N–H and O–H groups in total. The molecule has 0 spiro atoms. The molecule has 0 saturated carbocycles. The van der Waals surface area contributed by atoms with Crippen molar-refractivity contribution in [1.82, 2.24) is 10.2 Å². The van der Waals surface area contributed by atoms with Crippen LogP contribution >= 0.6 is 11.8 Å². The number of nitrogens with zero attached hydrogens (tertiary/aromatic N) is 3. The summed E-state index contributed by atoms with van der Waals surface area (Å²) in [6.45, 7) is 2.13. The fraction of sp³-hybridized carbons (Fsp3) is 0.250. The third-order valence-electron chi connectivity index (χ3n) is 2.58. The Morgan fingerprint density at radius 3 is 2.95 bits per heavy atom. The van der Waals surface area contributed by atoms with Crippen LogP contribution in [0.15, 0.2) is 27.6 Å². The van der Waals surface area contributed by atoms with Crippen molar-refractivity contribution >= 4 is 22.8 Å². The molecule has 3 rings (SSSR count). The lowest BCUT2D eigenvalue weighted by molar-refractivity contribution is 0.174. The number of fused-ring (bicyclic) bond motifs is 1. The summed E-state index contributed by atoms with van der Waals surface area (Å²) in [5.41, 5.74) is 0.778. The number of hydrogen-bond acceptors (Lipinski definition) is 7. The van der Waals surface area contributed by atoms with Crippen molar-refractivity contribution in [2.45, 2.75) is 6.92 Å². The predicted octanol–water partition coefficient (Wildman–Crippen LogP) is 2.88. The number of ether oxygens (including phenoxy) is 2. The highest BCUT2D eigenvalue weighted by Gasteiger charge is 2.16. The fourth-order valence-electron chi connectivity index (χ4n) is 1.59. The van der Waals surface area contributed by atoms with Crippen molar-refractivity contribution in [1.29, 1.82) is 0 Å². The average Bonchev–Trinajstić information content (AvgIpc) is 3.05. The van der Waals surface area contributed by atoms with E-state index in [2.05, 4.69) is 15.2 Å². The van der Waals surface area contributed by atoms with Crippen molar-refractivity contribution in [3.05, 3.63) is 18.2 Å². The molecule has 0 radical (unpaired) electrons. The second-order valence-electron chi connectivity index (χ2n) is 3.79. The molecule has 0 unspecified atom stereocenters. The van der Waals surface area contributed by atoms with Crippen LogP contribution in [0.5, 0.6) is 11.5 Å². The minimum atomic E-state index is 0.241. The second-order valence-corrected chi connectivity index (χ2v) is 4.79. The van der Waals surface area contributed by atoms with Gasteiger partial charge in [0.25, 0.3) is 0 Å². The normalized spacial score (nSPS) is 13.9. The minimum absolute atomic E-state index is 0.241. The van der Waals surface area contributed by atoms with Crippen LogP contribution in [0.3, 0.4) is 0 Å². The molecule has 0 atom stereocenters. The van der Waals surface area contributed by atoms with Gasteiger partial charge < -0.3 is 13.9 Å². The van der Waals surface area contributed by atoms with E-state index < -0.39 is 0 Å². The number of hydrogen-bond donors (Lipinski definition) is 0. The molecule has 0 bridgehead atoms. The molecule has 1 aromatic carbocycles. The lowest BCUT2D eigenvalue weighted by atomic mass is 10.2. The summed E-state index contributed by atoms with van der Waals surface area (Å²) in [6.07, 6.45) is 1.94. The fourth-order valence-corrected chi connectivity index (χ4v) is 1.76. The maximum absolute atomic E-state index is 5.48. The molecule has 0 fully saturated rings. The molecule has 6 nitrogen and oxygen atoms in total. The Hall–Kier alpha value is -2.02. The molecule has 0 aliphatic carbocycles. The lowest BCUT2D eigenvalue weighted by Gasteiger charge is -1.97. The van der Waals surface area contributed by atoms with Crippen molar-refractivity contribution in [3.63, 3.8) is 0 Å². The van der Waals surface area contributed by atoms with E-state index in [-0.39, 0.29) is 12.8 Å². The highest BCUT2D eigenvalue weighted by atomic mass is 32.2. The van der Waals surface area contributed by atoms with E-state index in [1.54, 1.807) is 0 Å². The SMILES string of the molecule is CSC(C)=Nc1nnc(-c2ccc3c(c2)OCO3)o1. The second kappa shape index (κ2) is 4.93. The highest BCUT2D eigenvalue weighted by molar-refractivity contribution is 8.13. The summed E-state index contributed by atoms with van der Waals surface area (Å²) < 4.78 is 16.0. The standard InChI is InChI=1S/C12H11N3O3S/c1-7(19-2)13-12-15-14-11(18-12)8-3-4-9-10(5-8)17-6-16-9/h3-5H,6H2,1-2H3. The molecule has 7 heteroatoms.